The minimum absolute atomic E-state index is 0.0440. The molecule has 0 spiro atoms. The third kappa shape index (κ3) is 3.51. The molecule has 128 valence electrons. The zero-order chi connectivity index (χ0) is 17.3. The van der Waals surface area contributed by atoms with Crippen LogP contribution in [0.1, 0.15) is 17.9 Å². The Kier molecular flexibility index (Phi) is 4.45. The highest BCUT2D eigenvalue weighted by atomic mass is 32.2. The molecule has 1 aliphatic heterocycles. The number of hydrogen-bond acceptors (Lipinski definition) is 5. The van der Waals surface area contributed by atoms with Crippen LogP contribution in [0, 0.1) is 6.92 Å². The molecule has 1 aliphatic rings. The van der Waals surface area contributed by atoms with Crippen LogP contribution in [-0.2, 0) is 21.1 Å². The van der Waals surface area contributed by atoms with Crippen LogP contribution >= 0.6 is 0 Å². The van der Waals surface area contributed by atoms with Crippen LogP contribution < -0.4 is 0 Å². The highest BCUT2D eigenvalue weighted by Gasteiger charge is 2.33. The average Bonchev–Trinajstić information content (AvgIpc) is 3.10. The lowest BCUT2D eigenvalue weighted by molar-refractivity contribution is -0.130. The van der Waals surface area contributed by atoms with Gasteiger partial charge in [0.15, 0.2) is 9.84 Å². The third-order valence-electron chi connectivity index (χ3n) is 4.38. The fourth-order valence-corrected chi connectivity index (χ4v) is 4.62. The average molecular weight is 348 g/mol. The van der Waals surface area contributed by atoms with E-state index in [-0.39, 0.29) is 29.9 Å². The lowest BCUT2D eigenvalue weighted by atomic mass is 10.2. The Bertz CT molecular complexity index is 843. The van der Waals surface area contributed by atoms with Gasteiger partial charge in [0.2, 0.25) is 11.8 Å². The number of carbonyl (C=O) groups excluding carboxylic acids is 1. The summed E-state index contributed by atoms with van der Waals surface area (Å²) < 4.78 is 28.8. The van der Waals surface area contributed by atoms with E-state index >= 15 is 0 Å². The Morgan fingerprint density at radius 1 is 1.33 bits per heavy atom. The maximum absolute atomic E-state index is 12.5. The molecule has 0 N–H and O–H groups in total. The lowest BCUT2D eigenvalue weighted by Gasteiger charge is -2.23. The first-order chi connectivity index (χ1) is 11.4. The van der Waals surface area contributed by atoms with Crippen molar-refractivity contribution >= 4 is 15.7 Å². The number of aryl methyl sites for hydroxylation is 1. The van der Waals surface area contributed by atoms with E-state index in [2.05, 4.69) is 4.98 Å². The van der Waals surface area contributed by atoms with Crippen LogP contribution in [0.25, 0.3) is 11.5 Å². The smallest absolute Gasteiger partial charge is 0.228 e. The normalized spacial score (nSPS) is 19.3. The van der Waals surface area contributed by atoms with Crippen LogP contribution in [0.5, 0.6) is 0 Å². The van der Waals surface area contributed by atoms with Gasteiger partial charge in [-0.15, -0.1) is 0 Å². The Morgan fingerprint density at radius 2 is 2.04 bits per heavy atom. The topological polar surface area (TPSA) is 80.5 Å². The number of amides is 1. The summed E-state index contributed by atoms with van der Waals surface area (Å²) in [7, 11) is -1.36. The van der Waals surface area contributed by atoms with Crippen molar-refractivity contribution in [2.24, 2.45) is 0 Å². The highest BCUT2D eigenvalue weighted by Crippen LogP contribution is 2.23. The zero-order valence-electron chi connectivity index (χ0n) is 13.7. The summed E-state index contributed by atoms with van der Waals surface area (Å²) in [5.74, 6) is 1.14. The fraction of sp³-hybridized carbons (Fsp3) is 0.412. The first-order valence-corrected chi connectivity index (χ1v) is 9.65. The van der Waals surface area contributed by atoms with E-state index < -0.39 is 9.84 Å². The quantitative estimate of drug-likeness (QED) is 0.842. The van der Waals surface area contributed by atoms with Crippen molar-refractivity contribution in [1.82, 2.24) is 9.88 Å². The van der Waals surface area contributed by atoms with E-state index in [1.165, 1.54) is 4.90 Å². The summed E-state index contributed by atoms with van der Waals surface area (Å²) in [5.41, 5.74) is 1.45. The molecule has 1 saturated heterocycles. The van der Waals surface area contributed by atoms with Crippen molar-refractivity contribution in [2.75, 3.05) is 18.6 Å². The van der Waals surface area contributed by atoms with Crippen molar-refractivity contribution < 1.29 is 17.6 Å². The number of rotatable bonds is 4. The minimum Gasteiger partial charge on any atom is -0.441 e. The Balaban J connectivity index is 1.72. The van der Waals surface area contributed by atoms with Crippen LogP contribution in [-0.4, -0.2) is 48.8 Å². The number of nitrogens with zero attached hydrogens (tertiary/aromatic N) is 2. The van der Waals surface area contributed by atoms with E-state index in [9.17, 15) is 13.2 Å². The van der Waals surface area contributed by atoms with Gasteiger partial charge in [-0.05, 0) is 25.5 Å². The largest absolute Gasteiger partial charge is 0.441 e. The van der Waals surface area contributed by atoms with Gasteiger partial charge in [-0.3, -0.25) is 4.79 Å². The number of oxazole rings is 1. The molecule has 0 aliphatic carbocycles. The molecule has 1 atom stereocenters. The molecule has 1 aromatic heterocycles. The molecule has 3 rings (SSSR count). The predicted molar refractivity (Wildman–Crippen MR) is 90.2 cm³/mol. The Morgan fingerprint density at radius 3 is 2.67 bits per heavy atom. The second-order valence-electron chi connectivity index (χ2n) is 6.13. The van der Waals surface area contributed by atoms with Gasteiger partial charge < -0.3 is 9.32 Å². The van der Waals surface area contributed by atoms with Crippen molar-refractivity contribution in [1.29, 1.82) is 0 Å². The van der Waals surface area contributed by atoms with Crippen molar-refractivity contribution in [3.63, 3.8) is 0 Å². The summed E-state index contributed by atoms with van der Waals surface area (Å²) in [6, 6.07) is 9.25. The Hall–Kier alpha value is -2.15. The molecular formula is C17H20N2O4S. The van der Waals surface area contributed by atoms with Gasteiger partial charge in [0, 0.05) is 18.7 Å². The molecule has 0 bridgehead atoms. The molecular weight excluding hydrogens is 328 g/mol. The van der Waals surface area contributed by atoms with Crippen molar-refractivity contribution in [3.8, 4) is 11.5 Å². The maximum atomic E-state index is 12.5. The maximum Gasteiger partial charge on any atom is 0.228 e. The number of carbonyl (C=O) groups is 1. The minimum atomic E-state index is -3.01. The number of benzene rings is 1. The second kappa shape index (κ2) is 6.39. The van der Waals surface area contributed by atoms with Gasteiger partial charge in [-0.2, -0.15) is 0 Å². The van der Waals surface area contributed by atoms with E-state index in [1.54, 1.807) is 14.0 Å². The monoisotopic (exact) mass is 348 g/mol. The predicted octanol–water partition coefficient (Wildman–Crippen LogP) is 1.84. The van der Waals surface area contributed by atoms with Crippen molar-refractivity contribution in [3.05, 3.63) is 41.8 Å². The molecule has 1 aromatic carbocycles. The van der Waals surface area contributed by atoms with Gasteiger partial charge in [-0.1, -0.05) is 18.2 Å². The van der Waals surface area contributed by atoms with E-state index in [0.29, 0.717) is 23.8 Å². The first-order valence-electron chi connectivity index (χ1n) is 7.83. The van der Waals surface area contributed by atoms with Gasteiger partial charge >= 0.3 is 0 Å². The number of sulfone groups is 1. The van der Waals surface area contributed by atoms with Gasteiger partial charge in [-0.25, -0.2) is 13.4 Å². The van der Waals surface area contributed by atoms with Gasteiger partial charge in [0.25, 0.3) is 0 Å². The van der Waals surface area contributed by atoms with Crippen LogP contribution in [0.3, 0.4) is 0 Å². The molecule has 0 saturated carbocycles. The molecule has 0 unspecified atom stereocenters. The SMILES string of the molecule is Cc1oc(-c2ccccc2)nc1CC(=O)N(C)[C@@H]1CCS(=O)(=O)C1. The summed E-state index contributed by atoms with van der Waals surface area (Å²) in [6.07, 6.45) is 0.604. The molecule has 1 amide bonds. The summed E-state index contributed by atoms with van der Waals surface area (Å²) in [5, 5.41) is 0. The lowest BCUT2D eigenvalue weighted by Crippen LogP contribution is -2.38. The summed E-state index contributed by atoms with van der Waals surface area (Å²) in [4.78, 5) is 18.4. The molecule has 7 heteroatoms. The molecule has 0 radical (unpaired) electrons. The van der Waals surface area contributed by atoms with Crippen LogP contribution in [0.2, 0.25) is 0 Å². The van der Waals surface area contributed by atoms with Crippen molar-refractivity contribution in [2.45, 2.75) is 25.8 Å². The third-order valence-corrected chi connectivity index (χ3v) is 6.13. The number of aromatic nitrogens is 1. The van der Waals surface area contributed by atoms with E-state index in [4.69, 9.17) is 4.42 Å². The Labute approximate surface area is 141 Å². The molecule has 24 heavy (non-hydrogen) atoms. The zero-order valence-corrected chi connectivity index (χ0v) is 14.5. The first kappa shape index (κ1) is 16.7. The number of likely N-dealkylation sites (N-methyl/N-ethyl adjacent to an activating group) is 1. The standard InChI is InChI=1S/C17H20N2O4S/c1-12-15(18-17(23-12)13-6-4-3-5-7-13)10-16(20)19(2)14-8-9-24(21,22)11-14/h3-7,14H,8-11H2,1-2H3/t14-/m1/s1. The summed E-state index contributed by atoms with van der Waals surface area (Å²) in [6.45, 7) is 1.78. The molecule has 1 fully saturated rings. The molecule has 2 aromatic rings. The molecule has 2 heterocycles. The van der Waals surface area contributed by atoms with E-state index in [1.807, 2.05) is 30.3 Å². The van der Waals surface area contributed by atoms with Crippen LogP contribution in [0.4, 0.5) is 0 Å². The van der Waals surface area contributed by atoms with Gasteiger partial charge in [0.05, 0.1) is 23.6 Å². The van der Waals surface area contributed by atoms with Gasteiger partial charge in [0.1, 0.15) is 5.76 Å². The molecule has 6 nitrogen and oxygen atoms in total. The second-order valence-corrected chi connectivity index (χ2v) is 8.35. The number of hydrogen-bond donors (Lipinski definition) is 0. The van der Waals surface area contributed by atoms with Crippen LogP contribution in [0.15, 0.2) is 34.7 Å². The summed E-state index contributed by atoms with van der Waals surface area (Å²) >= 11 is 0. The van der Waals surface area contributed by atoms with E-state index in [0.717, 1.165) is 5.56 Å². The fourth-order valence-electron chi connectivity index (χ4n) is 2.85. The highest BCUT2D eigenvalue weighted by molar-refractivity contribution is 7.91.